The summed E-state index contributed by atoms with van der Waals surface area (Å²) in [5.74, 6) is 7.26. The van der Waals surface area contributed by atoms with Crippen molar-refractivity contribution in [1.82, 2.24) is 55.1 Å². The quantitative estimate of drug-likeness (QED) is 0.0792. The van der Waals surface area contributed by atoms with Crippen LogP contribution in [0.3, 0.4) is 0 Å². The van der Waals surface area contributed by atoms with Crippen LogP contribution in [0.1, 0.15) is 244 Å². The predicted octanol–water partition coefficient (Wildman–Crippen LogP) is 30.8. The van der Waals surface area contributed by atoms with Crippen LogP contribution in [0, 0.1) is 82.3 Å². The van der Waals surface area contributed by atoms with Crippen LogP contribution >= 0.6 is 136 Å². The smallest absolute Gasteiger partial charge is 0.272 e. The fourth-order valence-electron chi connectivity index (χ4n) is 25.6. The van der Waals surface area contributed by atoms with E-state index < -0.39 is 0 Å². The van der Waals surface area contributed by atoms with Crippen molar-refractivity contribution in [2.75, 3.05) is 19.6 Å². The maximum atomic E-state index is 13.7. The zero-order valence-electron chi connectivity index (χ0n) is 79.2. The van der Waals surface area contributed by atoms with Gasteiger partial charge in [-0.1, -0.05) is 246 Å². The van der Waals surface area contributed by atoms with Crippen LogP contribution in [-0.2, 0) is 45.1 Å². The van der Waals surface area contributed by atoms with E-state index in [2.05, 4.69) is 127 Å². The Morgan fingerprint density at radius 1 is 0.367 bits per heavy atom. The third-order valence-corrected chi connectivity index (χ3v) is 36.9. The van der Waals surface area contributed by atoms with Gasteiger partial charge >= 0.3 is 0 Å². The van der Waals surface area contributed by atoms with E-state index in [1.807, 2.05) is 92.9 Å². The van der Waals surface area contributed by atoms with E-state index in [0.717, 1.165) is 194 Å². The average Bonchev–Trinajstić information content (AvgIpc) is 1.73. The maximum absolute atomic E-state index is 13.7. The first-order chi connectivity index (χ1) is 66.7. The molecule has 8 aromatic carbocycles. The van der Waals surface area contributed by atoms with Crippen molar-refractivity contribution in [3.05, 3.63) is 267 Å². The lowest BCUT2D eigenvalue weighted by Gasteiger charge is -2.60. The molecule has 4 aromatic heterocycles. The Labute approximate surface area is 875 Å². The number of nitrogens with one attached hydrogen (secondary N) is 3. The van der Waals surface area contributed by atoms with Gasteiger partial charge in [0.15, 0.2) is 22.9 Å². The van der Waals surface area contributed by atoms with E-state index in [0.29, 0.717) is 163 Å². The number of ether oxygens (including phenoxy) is 1. The van der Waals surface area contributed by atoms with Crippen molar-refractivity contribution in [2.24, 2.45) is 75.4 Å². The number of hydrogen-bond acceptors (Lipinski definition) is 9. The zero-order valence-corrected chi connectivity index (χ0v) is 89.2. The third-order valence-electron chi connectivity index (χ3n) is 33.5. The van der Waals surface area contributed by atoms with Gasteiger partial charge in [-0.25, -0.2) is 18.7 Å². The van der Waals surface area contributed by atoms with Crippen molar-refractivity contribution in [2.45, 2.75) is 209 Å². The minimum atomic E-state index is -0.105. The lowest BCUT2D eigenvalue weighted by atomic mass is 9.45. The Balaban J connectivity index is 0.000000114. The number of carbonyl (C=O) groups excluding carboxylic acids is 4. The normalized spacial score (nSPS) is 22.0. The van der Waals surface area contributed by atoms with Crippen LogP contribution in [0.5, 0.6) is 5.75 Å². The molecule has 9 atom stereocenters. The number of rotatable bonds is 16. The molecule has 1 aliphatic heterocycles. The molecule has 16 nitrogen and oxygen atoms in total. The second-order valence-electron chi connectivity index (χ2n) is 42.3. The van der Waals surface area contributed by atoms with Crippen molar-refractivity contribution in [1.29, 1.82) is 0 Å². The first-order valence-electron chi connectivity index (χ1n) is 49.5. The highest BCUT2D eigenvalue weighted by molar-refractivity contribution is 9.10. The van der Waals surface area contributed by atoms with Crippen LogP contribution in [0.15, 0.2) is 155 Å². The molecule has 27 heteroatoms. The molecule has 10 saturated carbocycles. The number of Topliss-reactive ketones (excluding diaryl/α,β-unsaturated/α-hetero) is 1. The highest BCUT2D eigenvalue weighted by atomic mass is 79.9. The van der Waals surface area contributed by atoms with Gasteiger partial charge in [0.1, 0.15) is 18.1 Å². The van der Waals surface area contributed by atoms with Gasteiger partial charge < -0.3 is 20.7 Å². The van der Waals surface area contributed by atoms with Gasteiger partial charge in [0.2, 0.25) is 0 Å². The molecule has 5 heterocycles. The molecule has 13 aliphatic carbocycles. The molecular weight excluding hydrogens is 2060 g/mol. The van der Waals surface area contributed by atoms with Gasteiger partial charge in [-0.2, -0.15) is 20.4 Å². The number of aryl methyl sites for hydroxylation is 4. The lowest BCUT2D eigenvalue weighted by molar-refractivity contribution is -0.103. The van der Waals surface area contributed by atoms with Crippen molar-refractivity contribution < 1.29 is 23.9 Å². The number of carbonyl (C=O) groups is 4. The van der Waals surface area contributed by atoms with Gasteiger partial charge in [0, 0.05) is 105 Å². The van der Waals surface area contributed by atoms with Gasteiger partial charge in [-0.3, -0.25) is 19.2 Å². The SMILES string of the molecule is CC1(C)C2CCC(CNC(=O)c3nn(-c4ccc(Cl)cc4Cl)c4c3CCCc3cc(Br)ccc3-4)C1C2.CC1(C)C2CCC(CNC(=O)c3nn(-c4ccc(Cl)cc4Cl)c4c3CCCc3cc(Cl)ccc3-4)C1C2.Cc1ccc2c(c1)CCCc1c(C(=O)NCC3CCC4CC3C4(C)C)nn(-c3ccc(Cl)cc3Cl)c1-2.O=C(CC1CCCCC1)c1nn(-c2ccc(Cl)cc2Cl)c2c1COc1cc(Br)ccc1-2. The first-order valence-corrected chi connectivity index (χ1v) is 54.5. The minimum Gasteiger partial charge on any atom is -0.488 e. The minimum absolute atomic E-state index is 0.0788. The van der Waals surface area contributed by atoms with E-state index in [-0.39, 0.29) is 23.5 Å². The summed E-state index contributed by atoms with van der Waals surface area (Å²) in [6.45, 7) is 18.9. The van der Waals surface area contributed by atoms with Crippen LogP contribution in [0.4, 0.5) is 0 Å². The number of hydrogen-bond donors (Lipinski definition) is 3. The molecule has 0 saturated heterocycles. The Kier molecular flexibility index (Phi) is 28.5. The van der Waals surface area contributed by atoms with Crippen LogP contribution in [0.25, 0.3) is 67.8 Å². The average molecular weight is 2170 g/mol. The standard InChI is InChI=1S/C30H33Cl2N3O.C29H30BrCl2N3O.C29H30Cl3N3O.C24H21BrCl2N2O2/c1-17-7-11-22-18(13-17)5-4-6-23-27(34-35(28(22)23)26-12-10-21(31)15-25(26)32)29(36)33-16-19-8-9-20-14-24(19)30(20,2)3;2*1-29(2)18-7-6-17(23(29)13-18)15-33-28(36)26-22-5-3-4-16-12-19(30)8-10-21(16)27(22)35(34-26)25-11-9-20(31)14-24(25)32;25-15-6-8-17-22(11-15)31-13-18-23(21(30)10-14-4-2-1-3-5-14)28-29(24(17)18)20-9-7-16(26)12-19(20)27/h7,10-13,15,19-20,24H,4-6,8-9,14,16H2,1-3H3,(H,33,36);2*8-12,14,17-18,23H,3-7,13,15H2,1-2H3,(H,33,36);6-9,11-12,14H,1-5,10,13H2. The number of benzene rings is 8. The van der Waals surface area contributed by atoms with Crippen LogP contribution < -0.4 is 20.7 Å². The molecule has 12 aromatic rings. The Morgan fingerprint density at radius 3 is 1.09 bits per heavy atom. The molecule has 724 valence electrons. The number of ketones is 1. The fourth-order valence-corrected chi connectivity index (χ4v) is 28.5. The van der Waals surface area contributed by atoms with Gasteiger partial charge in [0.25, 0.3) is 17.7 Å². The van der Waals surface area contributed by atoms with Crippen molar-refractivity contribution >= 4 is 160 Å². The summed E-state index contributed by atoms with van der Waals surface area (Å²) in [4.78, 5) is 54.3. The predicted molar refractivity (Wildman–Crippen MR) is 568 cm³/mol. The summed E-state index contributed by atoms with van der Waals surface area (Å²) >= 11 is 64.6. The van der Waals surface area contributed by atoms with Gasteiger partial charge in [0.05, 0.1) is 65.6 Å². The van der Waals surface area contributed by atoms with E-state index in [1.165, 1.54) is 93.7 Å². The number of fused-ring (bicyclic) bond motifs is 18. The molecule has 3 N–H and O–H groups in total. The number of nitrogens with zero attached hydrogens (tertiary/aromatic N) is 8. The second-order valence-corrected chi connectivity index (χ2v) is 48.0. The highest BCUT2D eigenvalue weighted by Crippen LogP contribution is 2.64. The summed E-state index contributed by atoms with van der Waals surface area (Å²) < 4.78 is 15.3. The van der Waals surface area contributed by atoms with Crippen LogP contribution in [0.2, 0.25) is 45.2 Å². The molecular formula is C112H114Br2Cl9N11O5. The second kappa shape index (κ2) is 40.2. The topological polar surface area (TPSA) is 185 Å². The summed E-state index contributed by atoms with van der Waals surface area (Å²) in [6, 6.07) is 46.2. The van der Waals surface area contributed by atoms with Crippen molar-refractivity contribution in [3.63, 3.8) is 0 Å². The molecule has 6 bridgehead atoms. The molecule has 0 radical (unpaired) electrons. The largest absolute Gasteiger partial charge is 0.488 e. The van der Waals surface area contributed by atoms with Crippen molar-refractivity contribution in [3.8, 4) is 73.5 Å². The fraction of sp³-hybridized carbons (Fsp3) is 0.429. The first kappa shape index (κ1) is 98.4. The molecule has 0 spiro atoms. The Hall–Kier alpha value is -7.95. The van der Waals surface area contributed by atoms with E-state index >= 15 is 0 Å². The lowest BCUT2D eigenvalue weighted by Crippen LogP contribution is -2.54. The molecule has 9 unspecified atom stereocenters. The summed E-state index contributed by atoms with van der Waals surface area (Å²) in [7, 11) is 0. The third kappa shape index (κ3) is 19.2. The summed E-state index contributed by atoms with van der Waals surface area (Å²) in [5, 5.41) is 34.3. The Bertz CT molecular complexity index is 6370. The molecule has 139 heavy (non-hydrogen) atoms. The highest BCUT2D eigenvalue weighted by Gasteiger charge is 2.57. The molecule has 10 fully saturated rings. The molecule has 14 aliphatic rings. The van der Waals surface area contributed by atoms with Gasteiger partial charge in [-0.05, 0) is 330 Å². The van der Waals surface area contributed by atoms with E-state index in [9.17, 15) is 19.2 Å². The molecule has 3 amide bonds. The van der Waals surface area contributed by atoms with Crippen LogP contribution in [-0.4, -0.2) is 82.3 Å². The monoisotopic (exact) mass is 2170 g/mol. The van der Waals surface area contributed by atoms with Gasteiger partial charge in [-0.15, -0.1) is 0 Å². The molecule has 26 rings (SSSR count). The number of amides is 3. The summed E-state index contributed by atoms with van der Waals surface area (Å²) in [6.07, 6.45) is 25.8. The number of halogens is 11. The van der Waals surface area contributed by atoms with E-state index in [4.69, 9.17) is 130 Å². The van der Waals surface area contributed by atoms with E-state index in [1.54, 1.807) is 41.1 Å². The summed E-state index contributed by atoms with van der Waals surface area (Å²) in [5.41, 5.74) is 22.6. The zero-order chi connectivity index (χ0) is 97.1. The number of aromatic nitrogens is 8. The Morgan fingerprint density at radius 2 is 0.705 bits per heavy atom. The maximum Gasteiger partial charge on any atom is 0.272 e.